The van der Waals surface area contributed by atoms with Crippen LogP contribution < -0.4 is 4.74 Å². The molecule has 0 aliphatic carbocycles. The largest absolute Gasteiger partial charge is 0.508 e. The molecule has 1 N–H and O–H groups in total. The predicted octanol–water partition coefficient (Wildman–Crippen LogP) is 2.12. The molecule has 5 heteroatoms. The summed E-state index contributed by atoms with van der Waals surface area (Å²) >= 11 is 0. The van der Waals surface area contributed by atoms with Crippen LogP contribution in [0.15, 0.2) is 54.6 Å². The molecule has 2 aromatic rings. The van der Waals surface area contributed by atoms with Gasteiger partial charge in [0.15, 0.2) is 6.61 Å². The number of aromatic hydroxyl groups is 1. The lowest BCUT2D eigenvalue weighted by atomic mass is 10.2. The van der Waals surface area contributed by atoms with Crippen molar-refractivity contribution in [2.45, 2.75) is 6.54 Å². The van der Waals surface area contributed by atoms with Crippen molar-refractivity contribution in [2.75, 3.05) is 32.8 Å². The van der Waals surface area contributed by atoms with E-state index >= 15 is 0 Å². The summed E-state index contributed by atoms with van der Waals surface area (Å²) in [5.41, 5.74) is 1.30. The molecule has 5 nitrogen and oxygen atoms in total. The van der Waals surface area contributed by atoms with E-state index in [4.69, 9.17) is 4.74 Å². The van der Waals surface area contributed by atoms with Crippen LogP contribution in [0.4, 0.5) is 0 Å². The van der Waals surface area contributed by atoms with Gasteiger partial charge in [-0.05, 0) is 17.7 Å². The van der Waals surface area contributed by atoms with Gasteiger partial charge in [-0.2, -0.15) is 0 Å². The first-order valence-electron chi connectivity index (χ1n) is 8.16. The van der Waals surface area contributed by atoms with Crippen molar-refractivity contribution in [3.8, 4) is 11.5 Å². The Balaban J connectivity index is 1.43. The second-order valence-corrected chi connectivity index (χ2v) is 5.93. The van der Waals surface area contributed by atoms with Gasteiger partial charge in [-0.25, -0.2) is 0 Å². The van der Waals surface area contributed by atoms with Crippen molar-refractivity contribution < 1.29 is 14.6 Å². The van der Waals surface area contributed by atoms with E-state index in [9.17, 15) is 9.90 Å². The SMILES string of the molecule is O=C(COc1cccc(O)c1)N1CCN(Cc2ccccc2)CC1. The first-order chi connectivity index (χ1) is 11.7. The molecular formula is C19H22N2O3. The number of hydrogen-bond acceptors (Lipinski definition) is 4. The maximum Gasteiger partial charge on any atom is 0.260 e. The number of hydrogen-bond donors (Lipinski definition) is 1. The Kier molecular flexibility index (Phi) is 5.33. The van der Waals surface area contributed by atoms with Gasteiger partial charge >= 0.3 is 0 Å². The van der Waals surface area contributed by atoms with Gasteiger partial charge in [0.2, 0.25) is 0 Å². The molecule has 3 rings (SSSR count). The third kappa shape index (κ3) is 4.49. The van der Waals surface area contributed by atoms with Crippen molar-refractivity contribution in [3.63, 3.8) is 0 Å². The van der Waals surface area contributed by atoms with Crippen LogP contribution >= 0.6 is 0 Å². The Bertz CT molecular complexity index is 667. The third-order valence-electron chi connectivity index (χ3n) is 4.15. The number of rotatable bonds is 5. The van der Waals surface area contributed by atoms with Gasteiger partial charge in [-0.3, -0.25) is 9.69 Å². The van der Waals surface area contributed by atoms with Gasteiger partial charge in [0, 0.05) is 38.8 Å². The standard InChI is InChI=1S/C19H22N2O3/c22-17-7-4-8-18(13-17)24-15-19(23)21-11-9-20(10-12-21)14-16-5-2-1-3-6-16/h1-8,13,22H,9-12,14-15H2. The number of carbonyl (C=O) groups is 1. The van der Waals surface area contributed by atoms with E-state index in [0.29, 0.717) is 5.75 Å². The average Bonchev–Trinajstić information content (AvgIpc) is 2.61. The Morgan fingerprint density at radius 3 is 2.46 bits per heavy atom. The minimum atomic E-state index is -0.0160. The zero-order chi connectivity index (χ0) is 16.8. The number of nitrogens with zero attached hydrogens (tertiary/aromatic N) is 2. The molecule has 0 atom stereocenters. The predicted molar refractivity (Wildman–Crippen MR) is 91.9 cm³/mol. The summed E-state index contributed by atoms with van der Waals surface area (Å²) in [6.07, 6.45) is 0. The summed E-state index contributed by atoms with van der Waals surface area (Å²) in [6, 6.07) is 16.9. The van der Waals surface area contributed by atoms with Crippen molar-refractivity contribution in [1.82, 2.24) is 9.80 Å². The van der Waals surface area contributed by atoms with Crippen LogP contribution in [0, 0.1) is 0 Å². The highest BCUT2D eigenvalue weighted by atomic mass is 16.5. The number of benzene rings is 2. The molecule has 1 aliphatic rings. The molecule has 0 bridgehead atoms. The lowest BCUT2D eigenvalue weighted by Crippen LogP contribution is -2.49. The lowest BCUT2D eigenvalue weighted by Gasteiger charge is -2.34. The van der Waals surface area contributed by atoms with E-state index in [0.717, 1.165) is 32.7 Å². The zero-order valence-corrected chi connectivity index (χ0v) is 13.6. The molecule has 126 valence electrons. The molecule has 1 saturated heterocycles. The molecule has 0 radical (unpaired) electrons. The number of phenols is 1. The smallest absolute Gasteiger partial charge is 0.260 e. The minimum absolute atomic E-state index is 0.00212. The van der Waals surface area contributed by atoms with Crippen LogP contribution in [-0.2, 0) is 11.3 Å². The maximum atomic E-state index is 12.2. The van der Waals surface area contributed by atoms with Crippen molar-refractivity contribution in [3.05, 3.63) is 60.2 Å². The summed E-state index contributed by atoms with van der Waals surface area (Å²) in [5, 5.41) is 9.40. The normalized spacial score (nSPS) is 15.2. The maximum absolute atomic E-state index is 12.2. The molecule has 0 saturated carbocycles. The molecule has 0 spiro atoms. The van der Waals surface area contributed by atoms with Crippen molar-refractivity contribution >= 4 is 5.91 Å². The Labute approximate surface area is 142 Å². The molecular weight excluding hydrogens is 304 g/mol. The first kappa shape index (κ1) is 16.3. The highest BCUT2D eigenvalue weighted by Gasteiger charge is 2.21. The highest BCUT2D eigenvalue weighted by Crippen LogP contribution is 2.17. The van der Waals surface area contributed by atoms with E-state index in [2.05, 4.69) is 17.0 Å². The first-order valence-corrected chi connectivity index (χ1v) is 8.16. The molecule has 24 heavy (non-hydrogen) atoms. The quantitative estimate of drug-likeness (QED) is 0.914. The zero-order valence-electron chi connectivity index (χ0n) is 13.6. The van der Waals surface area contributed by atoms with Gasteiger partial charge in [-0.15, -0.1) is 0 Å². The summed E-state index contributed by atoms with van der Waals surface area (Å²) in [5.74, 6) is 0.623. The Hall–Kier alpha value is -2.53. The fourth-order valence-electron chi connectivity index (χ4n) is 2.81. The number of ether oxygens (including phenoxy) is 1. The molecule has 1 amide bonds. The molecule has 1 aliphatic heterocycles. The van der Waals surface area contributed by atoms with Crippen LogP contribution in [0.25, 0.3) is 0 Å². The van der Waals surface area contributed by atoms with Gasteiger partial charge in [-0.1, -0.05) is 36.4 Å². The van der Waals surface area contributed by atoms with Crippen LogP contribution in [-0.4, -0.2) is 53.6 Å². The third-order valence-corrected chi connectivity index (χ3v) is 4.15. The molecule has 0 aromatic heterocycles. The van der Waals surface area contributed by atoms with Gasteiger partial charge in [0.05, 0.1) is 0 Å². The van der Waals surface area contributed by atoms with E-state index in [1.54, 1.807) is 18.2 Å². The monoisotopic (exact) mass is 326 g/mol. The second-order valence-electron chi connectivity index (χ2n) is 5.93. The van der Waals surface area contributed by atoms with Crippen LogP contribution in [0.3, 0.4) is 0 Å². The van der Waals surface area contributed by atoms with Gasteiger partial charge in [0.25, 0.3) is 5.91 Å². The minimum Gasteiger partial charge on any atom is -0.508 e. The highest BCUT2D eigenvalue weighted by molar-refractivity contribution is 5.77. The van der Waals surface area contributed by atoms with Gasteiger partial charge in [0.1, 0.15) is 11.5 Å². The Morgan fingerprint density at radius 2 is 1.75 bits per heavy atom. The summed E-state index contributed by atoms with van der Waals surface area (Å²) in [7, 11) is 0. The van der Waals surface area contributed by atoms with Crippen LogP contribution in [0.5, 0.6) is 11.5 Å². The van der Waals surface area contributed by atoms with Crippen molar-refractivity contribution in [2.24, 2.45) is 0 Å². The molecule has 1 fully saturated rings. The fraction of sp³-hybridized carbons (Fsp3) is 0.316. The summed E-state index contributed by atoms with van der Waals surface area (Å²) in [6.45, 7) is 4.09. The van der Waals surface area contributed by atoms with E-state index in [1.807, 2.05) is 23.1 Å². The molecule has 2 aromatic carbocycles. The lowest BCUT2D eigenvalue weighted by molar-refractivity contribution is -0.135. The number of piperazine rings is 1. The van der Waals surface area contributed by atoms with E-state index < -0.39 is 0 Å². The summed E-state index contributed by atoms with van der Waals surface area (Å²) < 4.78 is 5.46. The fourth-order valence-corrected chi connectivity index (χ4v) is 2.81. The number of phenolic OH excluding ortho intramolecular Hbond substituents is 1. The average molecular weight is 326 g/mol. The van der Waals surface area contributed by atoms with Crippen molar-refractivity contribution in [1.29, 1.82) is 0 Å². The summed E-state index contributed by atoms with van der Waals surface area (Å²) in [4.78, 5) is 16.4. The topological polar surface area (TPSA) is 53.0 Å². The molecule has 1 heterocycles. The van der Waals surface area contributed by atoms with Crippen LogP contribution in [0.1, 0.15) is 5.56 Å². The molecule has 0 unspecified atom stereocenters. The van der Waals surface area contributed by atoms with E-state index in [-0.39, 0.29) is 18.3 Å². The Morgan fingerprint density at radius 1 is 1.00 bits per heavy atom. The van der Waals surface area contributed by atoms with E-state index in [1.165, 1.54) is 11.6 Å². The van der Waals surface area contributed by atoms with Gasteiger partial charge < -0.3 is 14.7 Å². The number of carbonyl (C=O) groups excluding carboxylic acids is 1. The van der Waals surface area contributed by atoms with Crippen LogP contribution in [0.2, 0.25) is 0 Å². The second kappa shape index (κ2) is 7.84. The number of amides is 1.